The SMILES string of the molecule is Cc1ccc(NC(=O)Cn2ccsc2=N)cc1S(=O)(=O)N(C)C.[Cl-]. The summed E-state index contributed by atoms with van der Waals surface area (Å²) in [7, 11) is -0.651. The normalized spacial score (nSPS) is 11.2. The first kappa shape index (κ1) is 20.4. The van der Waals surface area contributed by atoms with Crippen molar-refractivity contribution in [3.05, 3.63) is 40.1 Å². The molecular weight excluding hydrogens is 372 g/mol. The maximum Gasteiger partial charge on any atom is 0.244 e. The Morgan fingerprint density at radius 3 is 2.58 bits per heavy atom. The molecule has 132 valence electrons. The molecule has 1 heterocycles. The van der Waals surface area contributed by atoms with Crippen LogP contribution >= 0.6 is 11.3 Å². The Morgan fingerprint density at radius 1 is 1.38 bits per heavy atom. The molecule has 0 atom stereocenters. The minimum atomic E-state index is -3.57. The molecule has 1 aromatic heterocycles. The van der Waals surface area contributed by atoms with E-state index in [4.69, 9.17) is 5.41 Å². The Balaban J connectivity index is 0.00000288. The second-order valence-corrected chi connectivity index (χ2v) is 8.17. The standard InChI is InChI=1S/C14H18N4O3S2.ClH/c1-10-4-5-11(8-12(10)23(20,21)17(2)3)16-13(19)9-18-6-7-22-14(18)15;/h4-8,15H,9H2,1-3H3,(H,16,19);1H/p-1. The van der Waals surface area contributed by atoms with E-state index in [-0.39, 0.29) is 34.6 Å². The second-order valence-electron chi connectivity index (χ2n) is 5.15. The van der Waals surface area contributed by atoms with Crippen molar-refractivity contribution in [2.45, 2.75) is 18.4 Å². The average molecular weight is 390 g/mol. The molecule has 0 aliphatic rings. The van der Waals surface area contributed by atoms with E-state index in [0.29, 0.717) is 11.3 Å². The van der Waals surface area contributed by atoms with Crippen LogP contribution in [0.3, 0.4) is 0 Å². The third-order valence-electron chi connectivity index (χ3n) is 3.23. The molecule has 2 aromatic rings. The first-order chi connectivity index (χ1) is 10.7. The molecular formula is C14H18ClN4O3S2-. The van der Waals surface area contributed by atoms with Crippen molar-refractivity contribution < 1.29 is 25.6 Å². The molecule has 10 heteroatoms. The monoisotopic (exact) mass is 389 g/mol. The Bertz CT molecular complexity index is 887. The summed E-state index contributed by atoms with van der Waals surface area (Å²) in [6.07, 6.45) is 1.66. The van der Waals surface area contributed by atoms with Crippen LogP contribution in [-0.2, 0) is 21.4 Å². The molecule has 0 saturated carbocycles. The smallest absolute Gasteiger partial charge is 0.244 e. The number of anilines is 1. The van der Waals surface area contributed by atoms with Gasteiger partial charge in [0.2, 0.25) is 15.9 Å². The van der Waals surface area contributed by atoms with Crippen LogP contribution in [-0.4, -0.2) is 37.3 Å². The predicted molar refractivity (Wildman–Crippen MR) is 88.8 cm³/mol. The van der Waals surface area contributed by atoms with Gasteiger partial charge in [0.1, 0.15) is 6.54 Å². The molecule has 2 rings (SSSR count). The van der Waals surface area contributed by atoms with Crippen LogP contribution in [0.25, 0.3) is 0 Å². The molecule has 0 bridgehead atoms. The van der Waals surface area contributed by atoms with Crippen molar-refractivity contribution in [2.24, 2.45) is 0 Å². The van der Waals surface area contributed by atoms with Gasteiger partial charge in [-0.15, -0.1) is 11.3 Å². The summed E-state index contributed by atoms with van der Waals surface area (Å²) in [6.45, 7) is 1.71. The van der Waals surface area contributed by atoms with Crippen LogP contribution < -0.4 is 22.5 Å². The van der Waals surface area contributed by atoms with Crippen molar-refractivity contribution in [2.75, 3.05) is 19.4 Å². The number of rotatable bonds is 5. The number of sulfonamides is 1. The van der Waals surface area contributed by atoms with Crippen molar-refractivity contribution in [1.82, 2.24) is 8.87 Å². The Morgan fingerprint density at radius 2 is 2.04 bits per heavy atom. The maximum absolute atomic E-state index is 12.3. The molecule has 0 radical (unpaired) electrons. The zero-order valence-electron chi connectivity index (χ0n) is 13.4. The fraction of sp³-hybridized carbons (Fsp3) is 0.286. The zero-order valence-corrected chi connectivity index (χ0v) is 15.8. The molecule has 0 fully saturated rings. The van der Waals surface area contributed by atoms with Gasteiger partial charge in [-0.25, -0.2) is 12.7 Å². The fourth-order valence-corrected chi connectivity index (χ4v) is 3.68. The van der Waals surface area contributed by atoms with E-state index in [0.717, 1.165) is 4.31 Å². The van der Waals surface area contributed by atoms with Gasteiger partial charge >= 0.3 is 0 Å². The second kappa shape index (κ2) is 7.93. The number of hydrogen-bond donors (Lipinski definition) is 2. The Labute approximate surface area is 150 Å². The molecule has 0 spiro atoms. The van der Waals surface area contributed by atoms with Gasteiger partial charge in [-0.2, -0.15) is 0 Å². The van der Waals surface area contributed by atoms with Crippen molar-refractivity contribution in [3.8, 4) is 0 Å². The zero-order chi connectivity index (χ0) is 17.2. The van der Waals surface area contributed by atoms with Crippen molar-refractivity contribution in [3.63, 3.8) is 0 Å². The van der Waals surface area contributed by atoms with Crippen molar-refractivity contribution >= 4 is 33.0 Å². The molecule has 1 aromatic carbocycles. The molecule has 0 saturated heterocycles. The van der Waals surface area contributed by atoms with Gasteiger partial charge in [0.15, 0.2) is 4.80 Å². The highest BCUT2D eigenvalue weighted by molar-refractivity contribution is 7.89. The van der Waals surface area contributed by atoms with Gasteiger partial charge in [0, 0.05) is 31.4 Å². The number of nitrogens with one attached hydrogen (secondary N) is 2. The van der Waals surface area contributed by atoms with Crippen molar-refractivity contribution in [1.29, 1.82) is 5.41 Å². The van der Waals surface area contributed by atoms with E-state index in [1.54, 1.807) is 30.6 Å². The number of thiazole rings is 1. The first-order valence-corrected chi connectivity index (χ1v) is 9.05. The van der Waals surface area contributed by atoms with E-state index in [2.05, 4.69) is 5.32 Å². The topological polar surface area (TPSA) is 95.3 Å². The van der Waals surface area contributed by atoms with Crippen LogP contribution in [0.2, 0.25) is 0 Å². The highest BCUT2D eigenvalue weighted by atomic mass is 35.5. The summed E-state index contributed by atoms with van der Waals surface area (Å²) in [5.74, 6) is -0.320. The lowest BCUT2D eigenvalue weighted by Gasteiger charge is -2.15. The number of aromatic nitrogens is 1. The lowest BCUT2D eigenvalue weighted by molar-refractivity contribution is -0.116. The van der Waals surface area contributed by atoms with Crippen LogP contribution in [0.4, 0.5) is 5.69 Å². The molecule has 0 unspecified atom stereocenters. The lowest BCUT2D eigenvalue weighted by Crippen LogP contribution is -3.00. The predicted octanol–water partition coefficient (Wildman–Crippen LogP) is -1.77. The number of amides is 1. The number of benzene rings is 1. The van der Waals surface area contributed by atoms with Crippen LogP contribution in [0.15, 0.2) is 34.7 Å². The number of halogens is 1. The van der Waals surface area contributed by atoms with Gasteiger partial charge in [-0.1, -0.05) is 6.07 Å². The fourth-order valence-electron chi connectivity index (χ4n) is 1.94. The van der Waals surface area contributed by atoms with E-state index in [1.165, 1.54) is 36.1 Å². The third kappa shape index (κ3) is 4.44. The van der Waals surface area contributed by atoms with Gasteiger partial charge in [0.05, 0.1) is 4.90 Å². The Hall–Kier alpha value is -1.68. The number of hydrogen-bond acceptors (Lipinski definition) is 5. The summed E-state index contributed by atoms with van der Waals surface area (Å²) in [5.41, 5.74) is 1.01. The van der Waals surface area contributed by atoms with Gasteiger partial charge < -0.3 is 22.3 Å². The summed E-state index contributed by atoms with van der Waals surface area (Å²) in [5, 5.41) is 12.0. The van der Waals surface area contributed by atoms with Gasteiger partial charge in [-0.3, -0.25) is 10.2 Å². The third-order valence-corrected chi connectivity index (χ3v) is 5.90. The minimum absolute atomic E-state index is 0. The lowest BCUT2D eigenvalue weighted by atomic mass is 10.2. The van der Waals surface area contributed by atoms with Crippen LogP contribution in [0.5, 0.6) is 0 Å². The largest absolute Gasteiger partial charge is 1.00 e. The van der Waals surface area contributed by atoms with E-state index >= 15 is 0 Å². The number of aryl methyl sites for hydroxylation is 1. The number of nitrogens with zero attached hydrogens (tertiary/aromatic N) is 2. The van der Waals surface area contributed by atoms with Crippen LogP contribution in [0.1, 0.15) is 5.56 Å². The van der Waals surface area contributed by atoms with Gasteiger partial charge in [0.25, 0.3) is 0 Å². The Kier molecular flexibility index (Phi) is 6.73. The molecule has 7 nitrogen and oxygen atoms in total. The highest BCUT2D eigenvalue weighted by Gasteiger charge is 2.20. The van der Waals surface area contributed by atoms with Gasteiger partial charge in [-0.05, 0) is 24.6 Å². The minimum Gasteiger partial charge on any atom is -1.00 e. The molecule has 1 amide bonds. The quantitative estimate of drug-likeness (QED) is 0.633. The average Bonchev–Trinajstić information content (AvgIpc) is 2.86. The van der Waals surface area contributed by atoms with E-state index in [9.17, 15) is 13.2 Å². The summed E-state index contributed by atoms with van der Waals surface area (Å²) >= 11 is 1.23. The maximum atomic E-state index is 12.3. The van der Waals surface area contributed by atoms with Crippen LogP contribution in [0, 0.1) is 12.3 Å². The molecule has 24 heavy (non-hydrogen) atoms. The number of carbonyl (C=O) groups is 1. The number of carbonyl (C=O) groups excluding carboxylic acids is 1. The molecule has 0 aliphatic carbocycles. The highest BCUT2D eigenvalue weighted by Crippen LogP contribution is 2.22. The summed E-state index contributed by atoms with van der Waals surface area (Å²) in [6, 6.07) is 4.75. The van der Waals surface area contributed by atoms with E-state index in [1.807, 2.05) is 0 Å². The first-order valence-electron chi connectivity index (χ1n) is 6.73. The summed E-state index contributed by atoms with van der Waals surface area (Å²) in [4.78, 5) is 12.5. The summed E-state index contributed by atoms with van der Waals surface area (Å²) < 4.78 is 27.2. The molecule has 0 aliphatic heterocycles. The van der Waals surface area contributed by atoms with E-state index < -0.39 is 10.0 Å². The molecule has 2 N–H and O–H groups in total.